The summed E-state index contributed by atoms with van der Waals surface area (Å²) in [7, 11) is 0. The van der Waals surface area contributed by atoms with E-state index in [4.69, 9.17) is 0 Å². The van der Waals surface area contributed by atoms with E-state index in [9.17, 15) is 9.59 Å². The van der Waals surface area contributed by atoms with Crippen molar-refractivity contribution in [3.8, 4) is 0 Å². The molecule has 0 radical (unpaired) electrons. The lowest BCUT2D eigenvalue weighted by atomic mass is 10.3. The number of aromatic nitrogens is 2. The van der Waals surface area contributed by atoms with Gasteiger partial charge >= 0.3 is 0 Å². The average Bonchev–Trinajstić information content (AvgIpc) is 3.33. The maximum atomic E-state index is 12.1. The second-order valence-electron chi connectivity index (χ2n) is 5.82. The molecular formula is C14H19BrN4O2. The third-order valence-corrected chi connectivity index (χ3v) is 4.49. The minimum absolute atomic E-state index is 0.0520. The van der Waals surface area contributed by atoms with E-state index >= 15 is 0 Å². The first-order valence-electron chi connectivity index (χ1n) is 7.42. The van der Waals surface area contributed by atoms with Crippen molar-refractivity contribution in [2.75, 3.05) is 11.9 Å². The first kappa shape index (κ1) is 14.6. The minimum Gasteiger partial charge on any atom is -0.382 e. The molecule has 2 aliphatic carbocycles. The maximum absolute atomic E-state index is 12.1. The fourth-order valence-corrected chi connectivity index (χ4v) is 2.55. The van der Waals surface area contributed by atoms with E-state index < -0.39 is 0 Å². The average molecular weight is 355 g/mol. The molecule has 6 nitrogen and oxygen atoms in total. The molecule has 3 rings (SSSR count). The highest BCUT2D eigenvalue weighted by atomic mass is 79.9. The quantitative estimate of drug-likeness (QED) is 0.777. The molecule has 1 amide bonds. The molecule has 0 unspecified atom stereocenters. The van der Waals surface area contributed by atoms with Crippen molar-refractivity contribution in [1.29, 1.82) is 0 Å². The summed E-state index contributed by atoms with van der Waals surface area (Å²) >= 11 is 3.32. The van der Waals surface area contributed by atoms with Gasteiger partial charge in [0.05, 0.1) is 11.9 Å². The molecule has 1 aromatic rings. The van der Waals surface area contributed by atoms with Gasteiger partial charge in [0.15, 0.2) is 0 Å². The lowest BCUT2D eigenvalue weighted by Crippen LogP contribution is -2.28. The van der Waals surface area contributed by atoms with Crippen molar-refractivity contribution >= 4 is 27.5 Å². The lowest BCUT2D eigenvalue weighted by molar-refractivity contribution is -0.120. The van der Waals surface area contributed by atoms with Crippen molar-refractivity contribution in [2.24, 2.45) is 5.92 Å². The van der Waals surface area contributed by atoms with Crippen molar-refractivity contribution in [1.82, 2.24) is 15.1 Å². The van der Waals surface area contributed by atoms with Gasteiger partial charge in [-0.05, 0) is 47.5 Å². The van der Waals surface area contributed by atoms with Crippen LogP contribution in [0.1, 0.15) is 32.1 Å². The zero-order valence-electron chi connectivity index (χ0n) is 11.8. The summed E-state index contributed by atoms with van der Waals surface area (Å²) < 4.78 is 1.99. The second-order valence-corrected chi connectivity index (χ2v) is 6.61. The Kier molecular flexibility index (Phi) is 4.28. The number of rotatable bonds is 7. The fourth-order valence-electron chi connectivity index (χ4n) is 2.10. The Bertz CT molecular complexity index is 593. The highest BCUT2D eigenvalue weighted by Crippen LogP contribution is 2.30. The first-order chi connectivity index (χ1) is 10.1. The lowest BCUT2D eigenvalue weighted by Gasteiger charge is -2.10. The summed E-state index contributed by atoms with van der Waals surface area (Å²) in [6, 6.07) is 0.386. The van der Waals surface area contributed by atoms with E-state index in [-0.39, 0.29) is 11.5 Å². The molecule has 2 saturated carbocycles. The van der Waals surface area contributed by atoms with E-state index in [1.54, 1.807) is 6.20 Å². The zero-order chi connectivity index (χ0) is 14.8. The van der Waals surface area contributed by atoms with Gasteiger partial charge < -0.3 is 10.6 Å². The Hall–Kier alpha value is -1.37. The first-order valence-corrected chi connectivity index (χ1v) is 8.21. The van der Waals surface area contributed by atoms with Gasteiger partial charge in [-0.3, -0.25) is 9.59 Å². The Morgan fingerprint density at radius 1 is 1.38 bits per heavy atom. The summed E-state index contributed by atoms with van der Waals surface area (Å²) in [6.07, 6.45) is 6.59. The molecule has 0 aromatic carbocycles. The highest BCUT2D eigenvalue weighted by Gasteiger charge is 2.24. The van der Waals surface area contributed by atoms with Crippen LogP contribution in [0.25, 0.3) is 0 Å². The number of anilines is 1. The number of amides is 1. The monoisotopic (exact) mass is 354 g/mol. The van der Waals surface area contributed by atoms with Crippen molar-refractivity contribution in [3.05, 3.63) is 21.0 Å². The molecule has 2 aliphatic rings. The Morgan fingerprint density at radius 2 is 2.14 bits per heavy atom. The molecule has 0 bridgehead atoms. The van der Waals surface area contributed by atoms with Crippen LogP contribution in [0.2, 0.25) is 0 Å². The van der Waals surface area contributed by atoms with Crippen molar-refractivity contribution in [3.63, 3.8) is 0 Å². The number of carbonyl (C=O) groups is 1. The van der Waals surface area contributed by atoms with Gasteiger partial charge in [-0.1, -0.05) is 0 Å². The second kappa shape index (κ2) is 6.17. The molecule has 0 spiro atoms. The van der Waals surface area contributed by atoms with Gasteiger partial charge in [-0.25, -0.2) is 4.68 Å². The summed E-state index contributed by atoms with van der Waals surface area (Å²) in [5, 5.41) is 10.2. The summed E-state index contributed by atoms with van der Waals surface area (Å²) in [5.74, 6) is 0.656. The molecular weight excluding hydrogens is 336 g/mol. The molecule has 1 heterocycles. The zero-order valence-corrected chi connectivity index (χ0v) is 13.4. The standard InChI is InChI=1S/C14H19BrN4O2/c15-13-11(16-6-5-12(20)18-10-3-4-10)7-17-19(14(13)21)8-9-1-2-9/h7,9-10,16H,1-6,8H2,(H,18,20). The van der Waals surface area contributed by atoms with Crippen molar-refractivity contribution < 1.29 is 4.79 Å². The number of nitrogens with one attached hydrogen (secondary N) is 2. The van der Waals surface area contributed by atoms with Crippen molar-refractivity contribution in [2.45, 2.75) is 44.7 Å². The van der Waals surface area contributed by atoms with Gasteiger partial charge in [0.2, 0.25) is 5.91 Å². The number of hydrogen-bond donors (Lipinski definition) is 2. The van der Waals surface area contributed by atoms with Gasteiger partial charge in [0.1, 0.15) is 4.47 Å². The molecule has 2 N–H and O–H groups in total. The van der Waals surface area contributed by atoms with Gasteiger partial charge in [-0.2, -0.15) is 5.10 Å². The number of hydrogen-bond acceptors (Lipinski definition) is 4. The topological polar surface area (TPSA) is 76.0 Å². The molecule has 21 heavy (non-hydrogen) atoms. The number of halogens is 1. The van der Waals surface area contributed by atoms with Crippen LogP contribution >= 0.6 is 15.9 Å². The predicted molar refractivity (Wildman–Crippen MR) is 83.2 cm³/mol. The molecule has 114 valence electrons. The van der Waals surface area contributed by atoms with Gasteiger partial charge in [0.25, 0.3) is 5.56 Å². The SMILES string of the molecule is O=C(CCNc1cnn(CC2CC2)c(=O)c1Br)NC1CC1. The Balaban J connectivity index is 1.53. The molecule has 2 fully saturated rings. The third kappa shape index (κ3) is 4.06. The smallest absolute Gasteiger partial charge is 0.283 e. The van der Waals surface area contributed by atoms with Crippen LogP contribution in [0.15, 0.2) is 15.5 Å². The molecule has 0 atom stereocenters. The Morgan fingerprint density at radius 3 is 2.81 bits per heavy atom. The van der Waals surface area contributed by atoms with E-state index in [0.29, 0.717) is 41.6 Å². The van der Waals surface area contributed by atoms with Crippen LogP contribution in [0.3, 0.4) is 0 Å². The maximum Gasteiger partial charge on any atom is 0.283 e. The van der Waals surface area contributed by atoms with Crippen LogP contribution in [0, 0.1) is 5.92 Å². The van der Waals surface area contributed by atoms with E-state index in [0.717, 1.165) is 12.8 Å². The molecule has 0 aliphatic heterocycles. The van der Waals surface area contributed by atoms with E-state index in [2.05, 4.69) is 31.7 Å². The summed E-state index contributed by atoms with van der Waals surface area (Å²) in [5.41, 5.74) is 0.528. The van der Waals surface area contributed by atoms with Crippen LogP contribution in [0.5, 0.6) is 0 Å². The van der Waals surface area contributed by atoms with Crippen LogP contribution in [-0.4, -0.2) is 28.3 Å². The largest absolute Gasteiger partial charge is 0.382 e. The highest BCUT2D eigenvalue weighted by molar-refractivity contribution is 9.10. The predicted octanol–water partition coefficient (Wildman–Crippen LogP) is 1.50. The van der Waals surface area contributed by atoms with E-state index in [1.165, 1.54) is 17.5 Å². The summed E-state index contributed by atoms with van der Waals surface area (Å²) in [6.45, 7) is 1.19. The molecule has 1 aromatic heterocycles. The number of carbonyl (C=O) groups excluding carboxylic acids is 1. The van der Waals surface area contributed by atoms with Crippen LogP contribution in [-0.2, 0) is 11.3 Å². The number of nitrogens with zero attached hydrogens (tertiary/aromatic N) is 2. The fraction of sp³-hybridized carbons (Fsp3) is 0.643. The normalized spacial score (nSPS) is 17.6. The molecule has 7 heteroatoms. The third-order valence-electron chi connectivity index (χ3n) is 3.72. The minimum atomic E-state index is -0.116. The van der Waals surface area contributed by atoms with Gasteiger partial charge in [-0.15, -0.1) is 0 Å². The van der Waals surface area contributed by atoms with E-state index in [1.807, 2.05) is 0 Å². The van der Waals surface area contributed by atoms with Gasteiger partial charge in [0, 0.05) is 25.6 Å². The molecule has 0 saturated heterocycles. The summed E-state index contributed by atoms with van der Waals surface area (Å²) in [4.78, 5) is 23.7. The Labute approximate surface area is 131 Å². The van der Waals surface area contributed by atoms with Crippen LogP contribution < -0.4 is 16.2 Å². The van der Waals surface area contributed by atoms with Crippen LogP contribution in [0.4, 0.5) is 5.69 Å².